The Morgan fingerprint density at radius 3 is 1.31 bits per heavy atom. The molecule has 0 spiro atoms. The van der Waals surface area contributed by atoms with E-state index in [9.17, 15) is 0 Å². The first kappa shape index (κ1) is 12.9. The van der Waals surface area contributed by atoms with Crippen molar-refractivity contribution >= 4 is 0 Å². The molecule has 0 aliphatic carbocycles. The fourth-order valence-corrected chi connectivity index (χ4v) is 0.553. The van der Waals surface area contributed by atoms with Crippen LogP contribution in [0.5, 0.6) is 0 Å². The average Bonchev–Trinajstić information content (AvgIpc) is 2.04. The molecule has 0 N–H and O–H groups in total. The van der Waals surface area contributed by atoms with Gasteiger partial charge in [0.25, 0.3) is 0 Å². The van der Waals surface area contributed by atoms with E-state index in [2.05, 4.69) is 41.5 Å². The van der Waals surface area contributed by atoms with E-state index in [1.54, 1.807) is 0 Å². The molecule has 0 amide bonds. The van der Waals surface area contributed by atoms with Gasteiger partial charge in [-0.25, -0.2) is 0 Å². The zero-order chi connectivity index (χ0) is 10.5. The van der Waals surface area contributed by atoms with Gasteiger partial charge < -0.3 is 9.47 Å². The molecule has 0 aromatic carbocycles. The molecule has 2 nitrogen and oxygen atoms in total. The second-order valence-corrected chi connectivity index (χ2v) is 4.63. The smallest absolute Gasteiger partial charge is 0.148 e. The third-order valence-electron chi connectivity index (χ3n) is 2.60. The van der Waals surface area contributed by atoms with Crippen molar-refractivity contribution in [3.8, 4) is 0 Å². The van der Waals surface area contributed by atoms with Crippen LogP contribution in [0.1, 0.15) is 54.4 Å². The third-order valence-corrected chi connectivity index (χ3v) is 2.60. The zero-order valence-electron chi connectivity index (χ0n) is 9.94. The van der Waals surface area contributed by atoms with Crippen molar-refractivity contribution in [1.29, 1.82) is 0 Å². The van der Waals surface area contributed by atoms with Crippen LogP contribution in [0.2, 0.25) is 0 Å². The predicted molar refractivity (Wildman–Crippen MR) is 55.8 cm³/mol. The average molecular weight is 188 g/mol. The molecular formula is C11H24O2. The maximum Gasteiger partial charge on any atom is 0.148 e. The van der Waals surface area contributed by atoms with Crippen molar-refractivity contribution in [2.75, 3.05) is 6.79 Å². The maximum absolute atomic E-state index is 5.59. The number of hydrogen-bond acceptors (Lipinski definition) is 2. The lowest BCUT2D eigenvalue weighted by atomic mass is 10.1. The van der Waals surface area contributed by atoms with Gasteiger partial charge in [-0.2, -0.15) is 0 Å². The molecule has 0 radical (unpaired) electrons. The van der Waals surface area contributed by atoms with Crippen LogP contribution in [0.25, 0.3) is 0 Å². The molecule has 13 heavy (non-hydrogen) atoms. The fourth-order valence-electron chi connectivity index (χ4n) is 0.553. The minimum Gasteiger partial charge on any atom is -0.350 e. The SMILES string of the molecule is CCC(C)(C)OCOC(C)(C)CC. The zero-order valence-corrected chi connectivity index (χ0v) is 9.94. The number of ether oxygens (including phenoxy) is 2. The molecule has 0 aromatic heterocycles. The molecule has 80 valence electrons. The van der Waals surface area contributed by atoms with Crippen LogP contribution in [-0.4, -0.2) is 18.0 Å². The molecule has 0 aromatic rings. The molecule has 2 heteroatoms. The lowest BCUT2D eigenvalue weighted by molar-refractivity contribution is -0.175. The van der Waals surface area contributed by atoms with Crippen molar-refractivity contribution in [2.24, 2.45) is 0 Å². The molecule has 0 aliphatic heterocycles. The van der Waals surface area contributed by atoms with Crippen LogP contribution < -0.4 is 0 Å². The van der Waals surface area contributed by atoms with Gasteiger partial charge in [0.05, 0.1) is 11.2 Å². The Labute approximate surface area is 82.6 Å². The molecule has 0 saturated heterocycles. The van der Waals surface area contributed by atoms with Gasteiger partial charge in [-0.15, -0.1) is 0 Å². The topological polar surface area (TPSA) is 18.5 Å². The van der Waals surface area contributed by atoms with E-state index >= 15 is 0 Å². The lowest BCUT2D eigenvalue weighted by Crippen LogP contribution is -2.30. The molecule has 0 unspecified atom stereocenters. The highest BCUT2D eigenvalue weighted by Crippen LogP contribution is 2.17. The molecule has 0 aliphatic rings. The minimum absolute atomic E-state index is 0.0657. The standard InChI is InChI=1S/C11H24O2/c1-7-10(3,4)12-9-13-11(5,6)8-2/h7-9H2,1-6H3. The second-order valence-electron chi connectivity index (χ2n) is 4.63. The van der Waals surface area contributed by atoms with Gasteiger partial charge in [0.1, 0.15) is 6.79 Å². The Morgan fingerprint density at radius 2 is 1.08 bits per heavy atom. The Bertz CT molecular complexity index is 123. The lowest BCUT2D eigenvalue weighted by Gasteiger charge is -2.28. The molecule has 0 heterocycles. The summed E-state index contributed by atoms with van der Waals surface area (Å²) in [6.45, 7) is 12.9. The van der Waals surface area contributed by atoms with E-state index in [0.717, 1.165) is 12.8 Å². The van der Waals surface area contributed by atoms with Crippen molar-refractivity contribution in [2.45, 2.75) is 65.6 Å². The Kier molecular flexibility index (Phi) is 4.93. The van der Waals surface area contributed by atoms with Crippen molar-refractivity contribution in [1.82, 2.24) is 0 Å². The predicted octanol–water partition coefficient (Wildman–Crippen LogP) is 3.35. The molecule has 0 atom stereocenters. The van der Waals surface area contributed by atoms with Crippen molar-refractivity contribution in [3.05, 3.63) is 0 Å². The fraction of sp³-hybridized carbons (Fsp3) is 1.00. The molecule has 0 fully saturated rings. The van der Waals surface area contributed by atoms with E-state index in [-0.39, 0.29) is 11.2 Å². The molecule has 0 bridgehead atoms. The summed E-state index contributed by atoms with van der Waals surface area (Å²) in [6.07, 6.45) is 2.01. The van der Waals surface area contributed by atoms with E-state index in [1.165, 1.54) is 0 Å². The summed E-state index contributed by atoms with van der Waals surface area (Å²) in [5.41, 5.74) is -0.131. The molecule has 0 rings (SSSR count). The summed E-state index contributed by atoms with van der Waals surface area (Å²) in [5.74, 6) is 0. The minimum atomic E-state index is -0.0657. The highest BCUT2D eigenvalue weighted by Gasteiger charge is 2.19. The van der Waals surface area contributed by atoms with Gasteiger partial charge in [-0.1, -0.05) is 13.8 Å². The van der Waals surface area contributed by atoms with Crippen LogP contribution in [0.4, 0.5) is 0 Å². The monoisotopic (exact) mass is 188 g/mol. The van der Waals surface area contributed by atoms with Gasteiger partial charge in [0, 0.05) is 0 Å². The second kappa shape index (κ2) is 4.97. The third kappa shape index (κ3) is 6.05. The summed E-state index contributed by atoms with van der Waals surface area (Å²) >= 11 is 0. The first-order valence-electron chi connectivity index (χ1n) is 5.11. The van der Waals surface area contributed by atoms with Crippen LogP contribution in [0.3, 0.4) is 0 Å². The van der Waals surface area contributed by atoms with Gasteiger partial charge in [0.2, 0.25) is 0 Å². The van der Waals surface area contributed by atoms with Gasteiger partial charge in [-0.3, -0.25) is 0 Å². The highest BCUT2D eigenvalue weighted by atomic mass is 16.7. The maximum atomic E-state index is 5.59. The largest absolute Gasteiger partial charge is 0.350 e. The molecule has 0 saturated carbocycles. The van der Waals surface area contributed by atoms with E-state index in [0.29, 0.717) is 6.79 Å². The van der Waals surface area contributed by atoms with Crippen LogP contribution in [0.15, 0.2) is 0 Å². The van der Waals surface area contributed by atoms with Crippen molar-refractivity contribution in [3.63, 3.8) is 0 Å². The van der Waals surface area contributed by atoms with E-state index in [4.69, 9.17) is 9.47 Å². The highest BCUT2D eigenvalue weighted by molar-refractivity contribution is 4.66. The van der Waals surface area contributed by atoms with E-state index in [1.807, 2.05) is 0 Å². The number of rotatable bonds is 6. The Balaban J connectivity index is 3.68. The van der Waals surface area contributed by atoms with Crippen LogP contribution in [-0.2, 0) is 9.47 Å². The number of hydrogen-bond donors (Lipinski definition) is 0. The summed E-state index contributed by atoms with van der Waals surface area (Å²) in [6, 6.07) is 0. The van der Waals surface area contributed by atoms with Crippen LogP contribution in [0, 0.1) is 0 Å². The van der Waals surface area contributed by atoms with Crippen molar-refractivity contribution < 1.29 is 9.47 Å². The van der Waals surface area contributed by atoms with Gasteiger partial charge >= 0.3 is 0 Å². The Hall–Kier alpha value is -0.0800. The van der Waals surface area contributed by atoms with Gasteiger partial charge in [-0.05, 0) is 40.5 Å². The molecular weight excluding hydrogens is 164 g/mol. The first-order valence-corrected chi connectivity index (χ1v) is 5.11. The van der Waals surface area contributed by atoms with Crippen LogP contribution >= 0.6 is 0 Å². The first-order chi connectivity index (χ1) is 5.83. The summed E-state index contributed by atoms with van der Waals surface area (Å²) < 4.78 is 11.2. The van der Waals surface area contributed by atoms with E-state index < -0.39 is 0 Å². The quantitative estimate of drug-likeness (QED) is 0.595. The summed E-state index contributed by atoms with van der Waals surface area (Å²) in [4.78, 5) is 0. The van der Waals surface area contributed by atoms with Gasteiger partial charge in [0.15, 0.2) is 0 Å². The normalized spacial score (nSPS) is 13.4. The summed E-state index contributed by atoms with van der Waals surface area (Å²) in [5, 5.41) is 0. The summed E-state index contributed by atoms with van der Waals surface area (Å²) in [7, 11) is 0. The Morgan fingerprint density at radius 1 is 0.769 bits per heavy atom.